The average molecular weight is 334 g/mol. The molecule has 0 aliphatic carbocycles. The number of hydrogen-bond acceptors (Lipinski definition) is 6. The zero-order valence-corrected chi connectivity index (χ0v) is 14.0. The standard InChI is InChI=1S/C16H19ClN4O2/c1-18-11-6-4-10(5-7-11)8-13-19-15(17)12(9-14(22)23)16(20-13)21(2)3/h4-7,18H,8-9H2,1-3H3,(H,22,23)/p-1. The van der Waals surface area contributed by atoms with Crippen molar-refractivity contribution in [2.24, 2.45) is 0 Å². The summed E-state index contributed by atoms with van der Waals surface area (Å²) in [6.45, 7) is 0. The fourth-order valence-corrected chi connectivity index (χ4v) is 2.45. The predicted octanol–water partition coefficient (Wildman–Crippen LogP) is 1.12. The molecule has 1 aromatic heterocycles. The highest BCUT2D eigenvalue weighted by atomic mass is 35.5. The van der Waals surface area contributed by atoms with Crippen molar-refractivity contribution in [3.8, 4) is 0 Å². The Morgan fingerprint density at radius 1 is 1.26 bits per heavy atom. The van der Waals surface area contributed by atoms with Gasteiger partial charge in [0.1, 0.15) is 16.8 Å². The van der Waals surface area contributed by atoms with Crippen molar-refractivity contribution in [1.29, 1.82) is 0 Å². The zero-order chi connectivity index (χ0) is 17.0. The minimum Gasteiger partial charge on any atom is -0.550 e. The minimum atomic E-state index is -1.21. The first-order chi connectivity index (χ1) is 10.9. The van der Waals surface area contributed by atoms with E-state index in [0.29, 0.717) is 23.6 Å². The molecule has 0 fully saturated rings. The summed E-state index contributed by atoms with van der Waals surface area (Å²) in [6.07, 6.45) is 0.194. The van der Waals surface area contributed by atoms with Gasteiger partial charge < -0.3 is 20.1 Å². The van der Waals surface area contributed by atoms with Crippen molar-refractivity contribution in [3.05, 3.63) is 46.4 Å². The lowest BCUT2D eigenvalue weighted by atomic mass is 10.1. The number of nitrogens with one attached hydrogen (secondary N) is 1. The van der Waals surface area contributed by atoms with Gasteiger partial charge in [-0.1, -0.05) is 23.7 Å². The van der Waals surface area contributed by atoms with Crippen molar-refractivity contribution in [1.82, 2.24) is 9.97 Å². The van der Waals surface area contributed by atoms with Crippen LogP contribution in [0.3, 0.4) is 0 Å². The first kappa shape index (κ1) is 17.0. The van der Waals surface area contributed by atoms with Crippen LogP contribution in [-0.4, -0.2) is 37.1 Å². The Labute approximate surface area is 140 Å². The molecule has 0 aliphatic rings. The third-order valence-corrected chi connectivity index (χ3v) is 3.64. The summed E-state index contributed by atoms with van der Waals surface area (Å²) in [5.74, 6) is -0.178. The Balaban J connectivity index is 2.33. The number of carbonyl (C=O) groups is 1. The summed E-state index contributed by atoms with van der Waals surface area (Å²) >= 11 is 6.16. The average Bonchev–Trinajstić information content (AvgIpc) is 2.50. The Morgan fingerprint density at radius 2 is 1.91 bits per heavy atom. The van der Waals surface area contributed by atoms with Gasteiger partial charge in [-0.2, -0.15) is 0 Å². The molecule has 6 nitrogen and oxygen atoms in total. The smallest absolute Gasteiger partial charge is 0.138 e. The number of rotatable bonds is 6. The number of carbonyl (C=O) groups excluding carboxylic acids is 1. The lowest BCUT2D eigenvalue weighted by Crippen LogP contribution is -2.26. The Morgan fingerprint density at radius 3 is 2.43 bits per heavy atom. The number of carboxylic acid groups (broad SMARTS) is 1. The summed E-state index contributed by atoms with van der Waals surface area (Å²) in [6, 6.07) is 7.89. The molecule has 122 valence electrons. The second kappa shape index (κ2) is 7.28. The lowest BCUT2D eigenvalue weighted by molar-refractivity contribution is -0.304. The Kier molecular flexibility index (Phi) is 5.39. The van der Waals surface area contributed by atoms with Gasteiger partial charge in [0.05, 0.1) is 0 Å². The van der Waals surface area contributed by atoms with E-state index in [1.54, 1.807) is 19.0 Å². The predicted molar refractivity (Wildman–Crippen MR) is 88.9 cm³/mol. The summed E-state index contributed by atoms with van der Waals surface area (Å²) < 4.78 is 0. The van der Waals surface area contributed by atoms with Crippen LogP contribution in [0.2, 0.25) is 5.15 Å². The van der Waals surface area contributed by atoms with Crippen LogP contribution in [-0.2, 0) is 17.6 Å². The zero-order valence-electron chi connectivity index (χ0n) is 13.3. The van der Waals surface area contributed by atoms with Gasteiger partial charge in [0.2, 0.25) is 0 Å². The summed E-state index contributed by atoms with van der Waals surface area (Å²) in [5, 5.41) is 14.1. The lowest BCUT2D eigenvalue weighted by Gasteiger charge is -2.18. The van der Waals surface area contributed by atoms with Crippen LogP contribution in [0.25, 0.3) is 0 Å². The van der Waals surface area contributed by atoms with Crippen LogP contribution < -0.4 is 15.3 Å². The van der Waals surface area contributed by atoms with Crippen LogP contribution in [0, 0.1) is 0 Å². The van der Waals surface area contributed by atoms with Gasteiger partial charge in [-0.25, -0.2) is 9.97 Å². The van der Waals surface area contributed by atoms with Gasteiger partial charge in [-0.3, -0.25) is 0 Å². The molecule has 23 heavy (non-hydrogen) atoms. The van der Waals surface area contributed by atoms with E-state index in [1.807, 2.05) is 31.3 Å². The highest BCUT2D eigenvalue weighted by molar-refractivity contribution is 6.30. The Hall–Kier alpha value is -2.34. The second-order valence-corrected chi connectivity index (χ2v) is 5.66. The topological polar surface area (TPSA) is 81.2 Å². The third kappa shape index (κ3) is 4.32. The van der Waals surface area contributed by atoms with Crippen LogP contribution in [0.5, 0.6) is 0 Å². The number of anilines is 2. The molecule has 0 atom stereocenters. The molecule has 0 unspecified atom stereocenters. The van der Waals surface area contributed by atoms with Gasteiger partial charge in [0.25, 0.3) is 0 Å². The van der Waals surface area contributed by atoms with Gasteiger partial charge in [-0.05, 0) is 17.7 Å². The number of aromatic nitrogens is 2. The highest BCUT2D eigenvalue weighted by Crippen LogP contribution is 2.24. The van der Waals surface area contributed by atoms with E-state index in [0.717, 1.165) is 11.3 Å². The van der Waals surface area contributed by atoms with Crippen molar-refractivity contribution in [2.75, 3.05) is 31.4 Å². The number of halogens is 1. The number of nitrogens with zero attached hydrogens (tertiary/aromatic N) is 3. The van der Waals surface area contributed by atoms with E-state index in [1.165, 1.54) is 0 Å². The summed E-state index contributed by atoms with van der Waals surface area (Å²) in [5.41, 5.74) is 2.43. The van der Waals surface area contributed by atoms with Crippen LogP contribution in [0.15, 0.2) is 24.3 Å². The second-order valence-electron chi connectivity index (χ2n) is 5.30. The molecule has 2 rings (SSSR count). The van der Waals surface area contributed by atoms with Crippen molar-refractivity contribution < 1.29 is 9.90 Å². The minimum absolute atomic E-state index is 0.148. The molecular weight excluding hydrogens is 316 g/mol. The molecular formula is C16H18ClN4O2-. The molecule has 0 saturated heterocycles. The van der Waals surface area contributed by atoms with Gasteiger partial charge in [0, 0.05) is 51.2 Å². The van der Waals surface area contributed by atoms with E-state index in [2.05, 4.69) is 15.3 Å². The maximum Gasteiger partial charge on any atom is 0.138 e. The van der Waals surface area contributed by atoms with Crippen LogP contribution in [0.4, 0.5) is 11.5 Å². The molecule has 0 spiro atoms. The van der Waals surface area contributed by atoms with Gasteiger partial charge in [-0.15, -0.1) is 0 Å². The van der Waals surface area contributed by atoms with Gasteiger partial charge in [0.15, 0.2) is 0 Å². The fourth-order valence-electron chi connectivity index (χ4n) is 2.20. The van der Waals surface area contributed by atoms with Crippen molar-refractivity contribution in [2.45, 2.75) is 12.8 Å². The van der Waals surface area contributed by atoms with E-state index in [-0.39, 0.29) is 11.6 Å². The largest absolute Gasteiger partial charge is 0.550 e. The first-order valence-electron chi connectivity index (χ1n) is 7.10. The highest BCUT2D eigenvalue weighted by Gasteiger charge is 2.15. The number of hydrogen-bond donors (Lipinski definition) is 1. The molecule has 0 amide bonds. The Bertz CT molecular complexity index is 702. The van der Waals surface area contributed by atoms with E-state index in [4.69, 9.17) is 11.6 Å². The van der Waals surface area contributed by atoms with E-state index >= 15 is 0 Å². The maximum atomic E-state index is 10.9. The molecule has 1 aromatic carbocycles. The monoisotopic (exact) mass is 333 g/mol. The van der Waals surface area contributed by atoms with Crippen molar-refractivity contribution >= 4 is 29.1 Å². The molecule has 7 heteroatoms. The molecule has 0 aliphatic heterocycles. The number of aliphatic carboxylic acids is 1. The van der Waals surface area contributed by atoms with E-state index < -0.39 is 5.97 Å². The van der Waals surface area contributed by atoms with Crippen LogP contribution >= 0.6 is 11.6 Å². The molecule has 0 radical (unpaired) electrons. The summed E-state index contributed by atoms with van der Waals surface area (Å²) in [7, 11) is 5.42. The SMILES string of the molecule is CNc1ccc(Cc2nc(Cl)c(CC(=O)[O-])c(N(C)C)n2)cc1. The fraction of sp³-hybridized carbons (Fsp3) is 0.312. The van der Waals surface area contributed by atoms with Gasteiger partial charge >= 0.3 is 0 Å². The molecule has 2 aromatic rings. The number of benzene rings is 1. The normalized spacial score (nSPS) is 10.4. The van der Waals surface area contributed by atoms with Crippen molar-refractivity contribution in [3.63, 3.8) is 0 Å². The molecule has 0 saturated carbocycles. The van der Waals surface area contributed by atoms with E-state index in [9.17, 15) is 9.90 Å². The quantitative estimate of drug-likeness (QED) is 0.798. The molecule has 1 N–H and O–H groups in total. The summed E-state index contributed by atoms with van der Waals surface area (Å²) in [4.78, 5) is 21.3. The first-order valence-corrected chi connectivity index (χ1v) is 7.47. The third-order valence-electron chi connectivity index (χ3n) is 3.33. The molecule has 1 heterocycles. The maximum absolute atomic E-state index is 10.9. The molecule has 0 bridgehead atoms. The number of carboxylic acids is 1. The van der Waals surface area contributed by atoms with Crippen LogP contribution in [0.1, 0.15) is 17.0 Å².